The van der Waals surface area contributed by atoms with Gasteiger partial charge in [-0.15, -0.1) is 12.4 Å². The van der Waals surface area contributed by atoms with Crippen LogP contribution in [0.5, 0.6) is 0 Å². The molecule has 1 aromatic heterocycles. The number of halogens is 1. The number of carbonyl (C=O) groups excluding carboxylic acids is 1. The molecule has 0 unspecified atom stereocenters. The third kappa shape index (κ3) is 4.81. The average Bonchev–Trinajstić information content (AvgIpc) is 2.82. The van der Waals surface area contributed by atoms with Crippen LogP contribution in [0.3, 0.4) is 0 Å². The van der Waals surface area contributed by atoms with Crippen LogP contribution in [-0.2, 0) is 0 Å². The second kappa shape index (κ2) is 8.14. The van der Waals surface area contributed by atoms with Crippen molar-refractivity contribution < 1.29 is 9.21 Å². The van der Waals surface area contributed by atoms with E-state index in [0.29, 0.717) is 18.0 Å². The first-order valence-electron chi connectivity index (χ1n) is 6.39. The van der Waals surface area contributed by atoms with Crippen molar-refractivity contribution in [3.63, 3.8) is 0 Å². The Balaban J connectivity index is 0.00000180. The van der Waals surface area contributed by atoms with Crippen molar-refractivity contribution in [1.29, 1.82) is 0 Å². The van der Waals surface area contributed by atoms with E-state index in [0.717, 1.165) is 39.1 Å². The van der Waals surface area contributed by atoms with Crippen molar-refractivity contribution in [2.24, 2.45) is 0 Å². The lowest BCUT2D eigenvalue weighted by atomic mass is 10.3. The molecule has 0 spiro atoms. The molecule has 2 rings (SSSR count). The summed E-state index contributed by atoms with van der Waals surface area (Å²) in [5, 5.41) is 6.18. The molecular weight excluding hydrogens is 268 g/mol. The summed E-state index contributed by atoms with van der Waals surface area (Å²) in [6, 6.07) is 0. The fourth-order valence-electron chi connectivity index (χ4n) is 2.05. The van der Waals surface area contributed by atoms with Crippen LogP contribution in [0, 0.1) is 6.92 Å². The van der Waals surface area contributed by atoms with E-state index in [-0.39, 0.29) is 18.3 Å². The van der Waals surface area contributed by atoms with Gasteiger partial charge in [-0.25, -0.2) is 4.98 Å². The Hall–Kier alpha value is -1.11. The largest absolute Gasteiger partial charge is 0.448 e. The first-order chi connectivity index (χ1) is 8.77. The van der Waals surface area contributed by atoms with Crippen LogP contribution in [0.4, 0.5) is 0 Å². The summed E-state index contributed by atoms with van der Waals surface area (Å²) in [6.07, 6.45) is 2.26. The first kappa shape index (κ1) is 15.9. The van der Waals surface area contributed by atoms with E-state index < -0.39 is 0 Å². The highest BCUT2D eigenvalue weighted by atomic mass is 35.5. The fraction of sp³-hybridized carbons (Fsp3) is 0.667. The van der Waals surface area contributed by atoms with E-state index >= 15 is 0 Å². The highest BCUT2D eigenvalue weighted by Crippen LogP contribution is 2.03. The highest BCUT2D eigenvalue weighted by molar-refractivity contribution is 5.92. The Labute approximate surface area is 119 Å². The minimum atomic E-state index is -0.151. The van der Waals surface area contributed by atoms with Gasteiger partial charge in [0.1, 0.15) is 5.76 Å². The highest BCUT2D eigenvalue weighted by Gasteiger charge is 2.13. The molecule has 19 heavy (non-hydrogen) atoms. The summed E-state index contributed by atoms with van der Waals surface area (Å²) >= 11 is 0. The number of nitrogens with zero attached hydrogens (tertiary/aromatic N) is 2. The summed E-state index contributed by atoms with van der Waals surface area (Å²) in [4.78, 5) is 18.0. The number of oxazole rings is 1. The van der Waals surface area contributed by atoms with Gasteiger partial charge in [0.2, 0.25) is 0 Å². The van der Waals surface area contributed by atoms with E-state index in [1.54, 1.807) is 6.92 Å². The molecule has 0 radical (unpaired) electrons. The van der Waals surface area contributed by atoms with Crippen molar-refractivity contribution in [3.05, 3.63) is 17.8 Å². The van der Waals surface area contributed by atoms with Gasteiger partial charge in [-0.2, -0.15) is 0 Å². The summed E-state index contributed by atoms with van der Waals surface area (Å²) < 4.78 is 5.00. The molecule has 0 atom stereocenters. The second-order valence-corrected chi connectivity index (χ2v) is 4.46. The van der Waals surface area contributed by atoms with Gasteiger partial charge in [0.25, 0.3) is 5.91 Å². The zero-order chi connectivity index (χ0) is 12.8. The van der Waals surface area contributed by atoms with Crippen LogP contribution < -0.4 is 10.6 Å². The van der Waals surface area contributed by atoms with Crippen LogP contribution >= 0.6 is 12.4 Å². The van der Waals surface area contributed by atoms with Gasteiger partial charge in [-0.05, 0) is 19.9 Å². The lowest BCUT2D eigenvalue weighted by Crippen LogP contribution is -2.44. The summed E-state index contributed by atoms with van der Waals surface area (Å²) in [5.41, 5.74) is 0.386. The molecule has 1 fully saturated rings. The Morgan fingerprint density at radius 2 is 2.26 bits per heavy atom. The van der Waals surface area contributed by atoms with Crippen molar-refractivity contribution in [2.45, 2.75) is 13.3 Å². The zero-order valence-electron chi connectivity index (χ0n) is 11.1. The Kier molecular flexibility index (Phi) is 6.83. The lowest BCUT2D eigenvalue weighted by molar-refractivity contribution is 0.0945. The molecule has 7 heteroatoms. The van der Waals surface area contributed by atoms with Gasteiger partial charge in [0.15, 0.2) is 12.1 Å². The molecule has 2 heterocycles. The zero-order valence-corrected chi connectivity index (χ0v) is 12.0. The maximum Gasteiger partial charge on any atom is 0.273 e. The van der Waals surface area contributed by atoms with E-state index in [9.17, 15) is 4.79 Å². The number of nitrogens with one attached hydrogen (secondary N) is 2. The van der Waals surface area contributed by atoms with E-state index in [2.05, 4.69) is 20.5 Å². The van der Waals surface area contributed by atoms with Crippen molar-refractivity contribution in [3.8, 4) is 0 Å². The Morgan fingerprint density at radius 1 is 1.53 bits per heavy atom. The molecule has 1 aromatic rings. The molecule has 6 nitrogen and oxygen atoms in total. The maximum absolute atomic E-state index is 11.7. The number of aromatic nitrogens is 1. The van der Waals surface area contributed by atoms with Crippen LogP contribution in [0.1, 0.15) is 22.7 Å². The van der Waals surface area contributed by atoms with Crippen molar-refractivity contribution in [2.75, 3.05) is 39.3 Å². The van der Waals surface area contributed by atoms with E-state index in [4.69, 9.17) is 4.42 Å². The standard InChI is InChI=1S/C12H20N4O2.ClH/c1-10-11(15-9-18-10)12(17)14-3-2-6-16-7-4-13-5-8-16;/h9,13H,2-8H2,1H3,(H,14,17);1H. The van der Waals surface area contributed by atoms with E-state index in [1.807, 2.05) is 0 Å². The molecule has 0 bridgehead atoms. The van der Waals surface area contributed by atoms with Crippen LogP contribution in [-0.4, -0.2) is 55.1 Å². The van der Waals surface area contributed by atoms with Crippen LogP contribution in [0.2, 0.25) is 0 Å². The number of amides is 1. The number of aryl methyl sites for hydroxylation is 1. The number of piperazine rings is 1. The SMILES string of the molecule is Cc1ocnc1C(=O)NCCCN1CCNCC1.Cl. The molecule has 108 valence electrons. The fourth-order valence-corrected chi connectivity index (χ4v) is 2.05. The number of carbonyl (C=O) groups is 1. The molecule has 2 N–H and O–H groups in total. The molecular formula is C12H21ClN4O2. The van der Waals surface area contributed by atoms with E-state index in [1.165, 1.54) is 6.39 Å². The predicted octanol–water partition coefficient (Wildman–Crippen LogP) is 0.430. The molecule has 1 saturated heterocycles. The van der Waals surface area contributed by atoms with Gasteiger partial charge in [-0.1, -0.05) is 0 Å². The Bertz CT molecular complexity index is 391. The molecule has 1 amide bonds. The minimum absolute atomic E-state index is 0. The van der Waals surface area contributed by atoms with Crippen molar-refractivity contribution in [1.82, 2.24) is 20.5 Å². The molecule has 1 aliphatic heterocycles. The summed E-state index contributed by atoms with van der Waals surface area (Å²) in [5.74, 6) is 0.413. The van der Waals surface area contributed by atoms with Gasteiger partial charge >= 0.3 is 0 Å². The molecule has 0 aromatic carbocycles. The first-order valence-corrected chi connectivity index (χ1v) is 6.39. The predicted molar refractivity (Wildman–Crippen MR) is 74.7 cm³/mol. The van der Waals surface area contributed by atoms with Gasteiger partial charge in [-0.3, -0.25) is 4.79 Å². The number of rotatable bonds is 5. The second-order valence-electron chi connectivity index (χ2n) is 4.46. The average molecular weight is 289 g/mol. The maximum atomic E-state index is 11.7. The Morgan fingerprint density at radius 3 is 2.89 bits per heavy atom. The lowest BCUT2D eigenvalue weighted by Gasteiger charge is -2.26. The topological polar surface area (TPSA) is 70.4 Å². The quantitative estimate of drug-likeness (QED) is 0.769. The smallest absolute Gasteiger partial charge is 0.273 e. The van der Waals surface area contributed by atoms with Crippen LogP contribution in [0.25, 0.3) is 0 Å². The summed E-state index contributed by atoms with van der Waals surface area (Å²) in [7, 11) is 0. The molecule has 0 saturated carbocycles. The number of hydrogen-bond acceptors (Lipinski definition) is 5. The van der Waals surface area contributed by atoms with Gasteiger partial charge in [0, 0.05) is 32.7 Å². The molecule has 1 aliphatic rings. The minimum Gasteiger partial charge on any atom is -0.448 e. The monoisotopic (exact) mass is 288 g/mol. The van der Waals surface area contributed by atoms with Crippen molar-refractivity contribution >= 4 is 18.3 Å². The number of hydrogen-bond donors (Lipinski definition) is 2. The van der Waals surface area contributed by atoms with Gasteiger partial charge < -0.3 is 20.0 Å². The van der Waals surface area contributed by atoms with Gasteiger partial charge in [0.05, 0.1) is 0 Å². The molecule has 0 aliphatic carbocycles. The third-order valence-corrected chi connectivity index (χ3v) is 3.11. The van der Waals surface area contributed by atoms with Crippen LogP contribution in [0.15, 0.2) is 10.8 Å². The summed E-state index contributed by atoms with van der Waals surface area (Å²) in [6.45, 7) is 7.75. The normalized spacial score (nSPS) is 15.8. The third-order valence-electron chi connectivity index (χ3n) is 3.11.